The van der Waals surface area contributed by atoms with Crippen molar-refractivity contribution in [2.75, 3.05) is 6.54 Å². The number of hydrogen-bond donors (Lipinski definition) is 1. The van der Waals surface area contributed by atoms with Crippen LogP contribution in [0.2, 0.25) is 0 Å². The third-order valence-corrected chi connectivity index (χ3v) is 3.38. The van der Waals surface area contributed by atoms with Gasteiger partial charge in [-0.25, -0.2) is 0 Å². The number of carbonyl (C=O) groups excluding carboxylic acids is 1. The lowest BCUT2D eigenvalue weighted by Gasteiger charge is -2.30. The van der Waals surface area contributed by atoms with E-state index in [4.69, 9.17) is 5.73 Å². The fourth-order valence-electron chi connectivity index (χ4n) is 2.23. The van der Waals surface area contributed by atoms with Gasteiger partial charge >= 0.3 is 0 Å². The Labute approximate surface area is 103 Å². The molecule has 0 aliphatic carbocycles. The molecule has 1 aliphatic rings. The van der Waals surface area contributed by atoms with Gasteiger partial charge < -0.3 is 10.6 Å². The number of carbonyl (C=O) groups is 1. The van der Waals surface area contributed by atoms with Crippen molar-refractivity contribution in [3.8, 4) is 0 Å². The van der Waals surface area contributed by atoms with Gasteiger partial charge in [-0.15, -0.1) is 0 Å². The van der Waals surface area contributed by atoms with Crippen LogP contribution < -0.4 is 5.73 Å². The Morgan fingerprint density at radius 3 is 2.59 bits per heavy atom. The Bertz CT molecular complexity index is 386. The van der Waals surface area contributed by atoms with Crippen molar-refractivity contribution >= 4 is 5.91 Å². The first-order valence-electron chi connectivity index (χ1n) is 6.33. The van der Waals surface area contributed by atoms with Crippen LogP contribution in [0, 0.1) is 0 Å². The quantitative estimate of drug-likeness (QED) is 0.862. The number of likely N-dealkylation sites (tertiary alicyclic amines) is 1. The Balaban J connectivity index is 2.01. The molecule has 1 heterocycles. The maximum Gasteiger partial charge on any atom is 0.239 e. The summed E-state index contributed by atoms with van der Waals surface area (Å²) in [6.07, 6.45) is 2.89. The summed E-state index contributed by atoms with van der Waals surface area (Å²) in [4.78, 5) is 13.7. The van der Waals surface area contributed by atoms with E-state index in [1.807, 2.05) is 4.90 Å². The van der Waals surface area contributed by atoms with E-state index in [-0.39, 0.29) is 11.9 Å². The topological polar surface area (TPSA) is 46.3 Å². The van der Waals surface area contributed by atoms with Gasteiger partial charge in [-0.2, -0.15) is 0 Å². The minimum Gasteiger partial charge on any atom is -0.337 e. The maximum absolute atomic E-state index is 11.9. The Kier molecular flexibility index (Phi) is 3.79. The summed E-state index contributed by atoms with van der Waals surface area (Å²) >= 11 is 0. The van der Waals surface area contributed by atoms with E-state index in [0.717, 1.165) is 25.8 Å². The number of aryl methyl sites for hydroxylation is 1. The average molecular weight is 232 g/mol. The molecule has 1 fully saturated rings. The third kappa shape index (κ3) is 2.86. The lowest BCUT2D eigenvalue weighted by molar-refractivity contribution is -0.135. The molecule has 0 radical (unpaired) electrons. The van der Waals surface area contributed by atoms with E-state index < -0.39 is 0 Å². The molecule has 0 spiro atoms. The zero-order valence-electron chi connectivity index (χ0n) is 10.4. The fraction of sp³-hybridized carbons (Fsp3) is 0.500. The molecular weight excluding hydrogens is 212 g/mol. The smallest absolute Gasteiger partial charge is 0.239 e. The molecule has 2 rings (SSSR count). The molecule has 1 amide bonds. The van der Waals surface area contributed by atoms with Crippen LogP contribution in [-0.4, -0.2) is 23.4 Å². The normalized spacial score (nSPS) is 20.7. The second kappa shape index (κ2) is 5.32. The predicted molar refractivity (Wildman–Crippen MR) is 68.4 cm³/mol. The van der Waals surface area contributed by atoms with Crippen LogP contribution in [-0.2, 0) is 17.8 Å². The molecule has 3 nitrogen and oxygen atoms in total. The summed E-state index contributed by atoms with van der Waals surface area (Å²) in [5.74, 6) is 0.0934. The van der Waals surface area contributed by atoms with Gasteiger partial charge in [0.2, 0.25) is 5.91 Å². The molecule has 1 aromatic rings. The van der Waals surface area contributed by atoms with Gasteiger partial charge in [-0.3, -0.25) is 4.79 Å². The van der Waals surface area contributed by atoms with E-state index in [0.29, 0.717) is 6.54 Å². The standard InChI is InChI=1S/C14H20N2O/c1-2-11-5-7-12(8-6-11)10-16-9-3-4-13(15)14(16)17/h5-8,13H,2-4,9-10,15H2,1H3. The number of nitrogens with two attached hydrogens (primary N) is 1. The highest BCUT2D eigenvalue weighted by atomic mass is 16.2. The first-order chi connectivity index (χ1) is 8.20. The SMILES string of the molecule is CCc1ccc(CN2CCCC(N)C2=O)cc1. The Hall–Kier alpha value is -1.35. The first-order valence-corrected chi connectivity index (χ1v) is 6.33. The molecule has 1 aliphatic heterocycles. The van der Waals surface area contributed by atoms with Crippen molar-refractivity contribution in [2.24, 2.45) is 5.73 Å². The monoisotopic (exact) mass is 232 g/mol. The molecule has 17 heavy (non-hydrogen) atoms. The van der Waals surface area contributed by atoms with E-state index in [2.05, 4.69) is 31.2 Å². The van der Waals surface area contributed by atoms with Crippen molar-refractivity contribution in [1.29, 1.82) is 0 Å². The molecule has 92 valence electrons. The highest BCUT2D eigenvalue weighted by molar-refractivity contribution is 5.82. The Morgan fingerprint density at radius 2 is 1.94 bits per heavy atom. The van der Waals surface area contributed by atoms with Crippen molar-refractivity contribution < 1.29 is 4.79 Å². The van der Waals surface area contributed by atoms with Gasteiger partial charge in [0.25, 0.3) is 0 Å². The van der Waals surface area contributed by atoms with Gasteiger partial charge in [0.15, 0.2) is 0 Å². The number of piperidine rings is 1. The second-order valence-corrected chi connectivity index (χ2v) is 4.68. The largest absolute Gasteiger partial charge is 0.337 e. The van der Waals surface area contributed by atoms with Gasteiger partial charge in [0.05, 0.1) is 6.04 Å². The fourth-order valence-corrected chi connectivity index (χ4v) is 2.23. The molecule has 0 saturated carbocycles. The summed E-state index contributed by atoms with van der Waals surface area (Å²) in [6, 6.07) is 8.17. The zero-order chi connectivity index (χ0) is 12.3. The van der Waals surface area contributed by atoms with Crippen molar-refractivity contribution in [2.45, 2.75) is 38.8 Å². The average Bonchev–Trinajstić information content (AvgIpc) is 2.36. The van der Waals surface area contributed by atoms with E-state index in [1.54, 1.807) is 0 Å². The summed E-state index contributed by atoms with van der Waals surface area (Å²) in [6.45, 7) is 3.67. The highest BCUT2D eigenvalue weighted by Crippen LogP contribution is 2.14. The molecule has 0 aromatic heterocycles. The zero-order valence-corrected chi connectivity index (χ0v) is 10.4. The molecule has 1 atom stereocenters. The van der Waals surface area contributed by atoms with Crippen LogP contribution in [0.5, 0.6) is 0 Å². The van der Waals surface area contributed by atoms with Gasteiger partial charge in [-0.05, 0) is 30.4 Å². The van der Waals surface area contributed by atoms with Crippen LogP contribution in [0.1, 0.15) is 30.9 Å². The van der Waals surface area contributed by atoms with Gasteiger partial charge in [0.1, 0.15) is 0 Å². The van der Waals surface area contributed by atoms with Crippen LogP contribution >= 0.6 is 0 Å². The summed E-state index contributed by atoms with van der Waals surface area (Å²) in [5, 5.41) is 0. The Morgan fingerprint density at radius 1 is 1.29 bits per heavy atom. The minimum atomic E-state index is -0.293. The van der Waals surface area contributed by atoms with Crippen molar-refractivity contribution in [3.05, 3.63) is 35.4 Å². The number of nitrogens with zero attached hydrogens (tertiary/aromatic N) is 1. The minimum absolute atomic E-state index is 0.0934. The number of amides is 1. The lowest BCUT2D eigenvalue weighted by atomic mass is 10.0. The number of benzene rings is 1. The summed E-state index contributed by atoms with van der Waals surface area (Å²) in [7, 11) is 0. The highest BCUT2D eigenvalue weighted by Gasteiger charge is 2.25. The number of rotatable bonds is 3. The predicted octanol–water partition coefficient (Wildman–Crippen LogP) is 1.70. The molecule has 3 heteroatoms. The van der Waals surface area contributed by atoms with E-state index in [1.165, 1.54) is 11.1 Å². The van der Waals surface area contributed by atoms with Gasteiger partial charge in [-0.1, -0.05) is 31.2 Å². The summed E-state index contributed by atoms with van der Waals surface area (Å²) < 4.78 is 0. The molecule has 1 unspecified atom stereocenters. The van der Waals surface area contributed by atoms with Crippen LogP contribution in [0.4, 0.5) is 0 Å². The molecular formula is C14H20N2O. The van der Waals surface area contributed by atoms with E-state index in [9.17, 15) is 4.79 Å². The molecule has 1 saturated heterocycles. The van der Waals surface area contributed by atoms with Gasteiger partial charge in [0, 0.05) is 13.1 Å². The maximum atomic E-state index is 11.9. The van der Waals surface area contributed by atoms with Crippen LogP contribution in [0.3, 0.4) is 0 Å². The number of hydrogen-bond acceptors (Lipinski definition) is 2. The lowest BCUT2D eigenvalue weighted by Crippen LogP contribution is -2.47. The molecule has 2 N–H and O–H groups in total. The second-order valence-electron chi connectivity index (χ2n) is 4.68. The third-order valence-electron chi connectivity index (χ3n) is 3.38. The first kappa shape index (κ1) is 12.1. The van der Waals surface area contributed by atoms with Crippen LogP contribution in [0.15, 0.2) is 24.3 Å². The van der Waals surface area contributed by atoms with E-state index >= 15 is 0 Å². The van der Waals surface area contributed by atoms with Crippen molar-refractivity contribution in [1.82, 2.24) is 4.90 Å². The van der Waals surface area contributed by atoms with Crippen molar-refractivity contribution in [3.63, 3.8) is 0 Å². The molecule has 0 bridgehead atoms. The summed E-state index contributed by atoms with van der Waals surface area (Å²) in [5.41, 5.74) is 8.29. The van der Waals surface area contributed by atoms with Crippen LogP contribution in [0.25, 0.3) is 0 Å². The molecule has 1 aromatic carbocycles.